The van der Waals surface area contributed by atoms with E-state index in [4.69, 9.17) is 4.74 Å². The molecule has 11 heteroatoms. The number of nitrogens with zero attached hydrogens (tertiary/aromatic N) is 2. The van der Waals surface area contributed by atoms with E-state index in [0.29, 0.717) is 13.1 Å². The number of esters is 1. The van der Waals surface area contributed by atoms with Crippen molar-refractivity contribution in [3.05, 3.63) is 71.8 Å². The van der Waals surface area contributed by atoms with Crippen LogP contribution in [0.4, 0.5) is 13.2 Å². The van der Waals surface area contributed by atoms with Crippen molar-refractivity contribution >= 4 is 28.4 Å². The maximum atomic E-state index is 13.3. The van der Waals surface area contributed by atoms with Crippen LogP contribution in [0, 0.1) is 5.41 Å². The Morgan fingerprint density at radius 2 is 1.74 bits per heavy atom. The Balaban J connectivity index is 1.40. The summed E-state index contributed by atoms with van der Waals surface area (Å²) in [7, 11) is -0.162. The number of hydrogen-bond acceptors (Lipinski definition) is 5. The first kappa shape index (κ1) is 27.8. The number of carbonyl (C=O) groups excluding carboxylic acids is 2. The number of benzene rings is 2. The third-order valence-electron chi connectivity index (χ3n) is 6.94. The number of piperidine rings is 1. The number of rotatable bonds is 7. The molecule has 1 atom stereocenters. The second-order valence-corrected chi connectivity index (χ2v) is 10.8. The predicted molar refractivity (Wildman–Crippen MR) is 136 cm³/mol. The first-order valence-corrected chi connectivity index (χ1v) is 13.5. The molecule has 204 valence electrons. The normalized spacial score (nSPS) is 18.8. The molecule has 0 radical (unpaired) electrons. The fraction of sp³-hybridized carbons (Fsp3) is 0.407. The van der Waals surface area contributed by atoms with E-state index >= 15 is 0 Å². The fourth-order valence-corrected chi connectivity index (χ4v) is 6.45. The summed E-state index contributed by atoms with van der Waals surface area (Å²) in [5, 5.41) is 0. The molecule has 2 aromatic rings. The van der Waals surface area contributed by atoms with Crippen LogP contribution in [-0.4, -0.2) is 70.7 Å². The molecule has 38 heavy (non-hydrogen) atoms. The van der Waals surface area contributed by atoms with Gasteiger partial charge in [-0.2, -0.15) is 0 Å². The van der Waals surface area contributed by atoms with E-state index in [9.17, 15) is 27.0 Å². The van der Waals surface area contributed by atoms with Gasteiger partial charge < -0.3 is 14.4 Å². The average molecular weight is 551 g/mol. The van der Waals surface area contributed by atoms with Crippen LogP contribution < -0.4 is 4.74 Å². The van der Waals surface area contributed by atoms with Gasteiger partial charge in [-0.1, -0.05) is 42.5 Å². The lowest BCUT2D eigenvalue weighted by molar-refractivity contribution is -0.274. The van der Waals surface area contributed by atoms with E-state index in [1.54, 1.807) is 0 Å². The number of carbonyl (C=O) groups is 2. The van der Waals surface area contributed by atoms with Crippen molar-refractivity contribution in [2.75, 3.05) is 39.0 Å². The van der Waals surface area contributed by atoms with Gasteiger partial charge in [0.25, 0.3) is 5.91 Å². The molecule has 2 aromatic carbocycles. The summed E-state index contributed by atoms with van der Waals surface area (Å²) in [4.78, 5) is 27.3. The van der Waals surface area contributed by atoms with E-state index in [-0.39, 0.29) is 37.2 Å². The van der Waals surface area contributed by atoms with Crippen LogP contribution in [0.3, 0.4) is 0 Å². The minimum absolute atomic E-state index is 0.0511. The van der Waals surface area contributed by atoms with E-state index in [0.717, 1.165) is 24.1 Å². The highest BCUT2D eigenvalue weighted by atomic mass is 32.2. The molecule has 1 fully saturated rings. The molecule has 4 rings (SSSR count). The van der Waals surface area contributed by atoms with Crippen molar-refractivity contribution in [2.24, 2.45) is 5.41 Å². The third kappa shape index (κ3) is 6.63. The number of ether oxygens (including phenoxy) is 2. The Hall–Kier alpha value is -3.18. The van der Waals surface area contributed by atoms with Crippen molar-refractivity contribution in [1.29, 1.82) is 0 Å². The zero-order chi connectivity index (χ0) is 27.3. The molecule has 0 N–H and O–H groups in total. The molecule has 7 nitrogen and oxygen atoms in total. The van der Waals surface area contributed by atoms with Gasteiger partial charge in [0.1, 0.15) is 5.75 Å². The number of amides is 1. The quantitative estimate of drug-likeness (QED) is 0.477. The van der Waals surface area contributed by atoms with Gasteiger partial charge in [-0.25, -0.2) is 8.51 Å². The molecule has 1 amide bonds. The SMILES string of the molecule is COC(=O)C1(CS(=O)N2CC=C(c3ccccc3)CC2)CCN(C(=O)c2cccc(OC(F)(F)F)c2)CC1. The van der Waals surface area contributed by atoms with Gasteiger partial charge in [-0.15, -0.1) is 13.2 Å². The molecular weight excluding hydrogens is 521 g/mol. The van der Waals surface area contributed by atoms with Crippen molar-refractivity contribution in [3.8, 4) is 5.75 Å². The van der Waals surface area contributed by atoms with Gasteiger partial charge in [-0.05, 0) is 48.6 Å². The molecule has 2 heterocycles. The van der Waals surface area contributed by atoms with Crippen LogP contribution in [0.15, 0.2) is 60.7 Å². The lowest BCUT2D eigenvalue weighted by atomic mass is 9.80. The zero-order valence-electron chi connectivity index (χ0n) is 20.9. The molecular formula is C27H29F3N2O5S. The molecule has 0 aliphatic carbocycles. The van der Waals surface area contributed by atoms with Crippen molar-refractivity contribution in [1.82, 2.24) is 9.21 Å². The zero-order valence-corrected chi connectivity index (χ0v) is 21.7. The minimum atomic E-state index is -4.87. The predicted octanol–water partition coefficient (Wildman–Crippen LogP) is 4.43. The Kier molecular flexibility index (Phi) is 8.57. The fourth-order valence-electron chi connectivity index (χ4n) is 4.85. The van der Waals surface area contributed by atoms with E-state index < -0.39 is 40.4 Å². The van der Waals surface area contributed by atoms with Gasteiger partial charge in [0.05, 0.1) is 29.3 Å². The largest absolute Gasteiger partial charge is 0.573 e. The topological polar surface area (TPSA) is 76.2 Å². The molecule has 1 unspecified atom stereocenters. The molecule has 2 aliphatic rings. The molecule has 0 aromatic heterocycles. The summed E-state index contributed by atoms with van der Waals surface area (Å²) in [5.74, 6) is -1.35. The Morgan fingerprint density at radius 3 is 2.34 bits per heavy atom. The first-order valence-electron chi connectivity index (χ1n) is 12.2. The summed E-state index contributed by atoms with van der Waals surface area (Å²) in [6.45, 7) is 1.43. The highest BCUT2D eigenvalue weighted by Gasteiger charge is 2.45. The van der Waals surface area contributed by atoms with Crippen LogP contribution in [0.1, 0.15) is 35.2 Å². The maximum absolute atomic E-state index is 13.3. The van der Waals surface area contributed by atoms with Gasteiger partial charge in [0, 0.05) is 31.7 Å². The standard InChI is InChI=1S/C27H29F3N2O5S/c1-36-25(34)26(19-38(35)32-14-10-21(11-15-32)20-6-3-2-4-7-20)12-16-31(17-13-26)24(33)22-8-5-9-23(18-22)37-27(28,29)30/h2-10,18H,11-17,19H2,1H3. The Bertz CT molecular complexity index is 1210. The number of methoxy groups -OCH3 is 1. The maximum Gasteiger partial charge on any atom is 0.573 e. The van der Waals surface area contributed by atoms with Crippen molar-refractivity contribution in [2.45, 2.75) is 25.6 Å². The van der Waals surface area contributed by atoms with E-state index in [1.165, 1.54) is 29.7 Å². The highest BCUT2D eigenvalue weighted by molar-refractivity contribution is 7.82. The van der Waals surface area contributed by atoms with Gasteiger partial charge in [0.15, 0.2) is 0 Å². The number of hydrogen-bond donors (Lipinski definition) is 0. The molecule has 2 aliphatic heterocycles. The second-order valence-electron chi connectivity index (χ2n) is 9.34. The smallest absolute Gasteiger partial charge is 0.469 e. The van der Waals surface area contributed by atoms with Crippen LogP contribution in [0.5, 0.6) is 5.75 Å². The van der Waals surface area contributed by atoms with Crippen LogP contribution >= 0.6 is 0 Å². The van der Waals surface area contributed by atoms with Gasteiger partial charge in [0.2, 0.25) is 0 Å². The highest BCUT2D eigenvalue weighted by Crippen LogP contribution is 2.36. The number of halogens is 3. The summed E-state index contributed by atoms with van der Waals surface area (Å²) < 4.78 is 61.9. The van der Waals surface area contributed by atoms with Crippen LogP contribution in [0.2, 0.25) is 0 Å². The minimum Gasteiger partial charge on any atom is -0.469 e. The summed E-state index contributed by atoms with van der Waals surface area (Å²) in [6, 6.07) is 14.9. The van der Waals surface area contributed by atoms with Crippen molar-refractivity contribution in [3.63, 3.8) is 0 Å². The molecule has 0 bridgehead atoms. The monoisotopic (exact) mass is 550 g/mol. The molecule has 0 spiro atoms. The van der Waals surface area contributed by atoms with Gasteiger partial charge in [-0.3, -0.25) is 9.59 Å². The van der Waals surface area contributed by atoms with Crippen LogP contribution in [0.25, 0.3) is 5.57 Å². The Morgan fingerprint density at radius 1 is 1.03 bits per heavy atom. The van der Waals surface area contributed by atoms with Crippen LogP contribution in [-0.2, 0) is 20.5 Å². The summed E-state index contributed by atoms with van der Waals surface area (Å²) >= 11 is 0. The van der Waals surface area contributed by atoms with E-state index in [2.05, 4.69) is 10.8 Å². The van der Waals surface area contributed by atoms with E-state index in [1.807, 2.05) is 34.6 Å². The molecule has 1 saturated heterocycles. The van der Waals surface area contributed by atoms with Gasteiger partial charge >= 0.3 is 12.3 Å². The second kappa shape index (κ2) is 11.7. The first-order chi connectivity index (χ1) is 18.1. The lowest BCUT2D eigenvalue weighted by Gasteiger charge is -2.40. The summed E-state index contributed by atoms with van der Waals surface area (Å²) in [5.41, 5.74) is 1.35. The number of alkyl halides is 3. The van der Waals surface area contributed by atoms with Crippen molar-refractivity contribution < 1.29 is 36.4 Å². The number of likely N-dealkylation sites (tertiary alicyclic amines) is 1. The molecule has 0 saturated carbocycles. The summed E-state index contributed by atoms with van der Waals surface area (Å²) in [6.07, 6.45) is -1.61. The average Bonchev–Trinajstić information content (AvgIpc) is 2.92. The Labute approximate surface area is 221 Å². The third-order valence-corrected chi connectivity index (χ3v) is 8.65. The lowest BCUT2D eigenvalue weighted by Crippen LogP contribution is -2.50.